The number of nitriles is 1. The minimum atomic E-state index is -0.0220. The molecule has 1 aliphatic heterocycles. The number of carbonyl (C=O) groups is 2. The molecule has 1 amide bonds. The fraction of sp³-hybridized carbons (Fsp3) is 0.308. The van der Waals surface area contributed by atoms with E-state index in [0.29, 0.717) is 18.4 Å². The van der Waals surface area contributed by atoms with Crippen LogP contribution >= 0.6 is 0 Å². The summed E-state index contributed by atoms with van der Waals surface area (Å²) in [5, 5.41) is 11.2. The summed E-state index contributed by atoms with van der Waals surface area (Å²) in [5.41, 5.74) is 2.40. The molecule has 1 aliphatic rings. The number of benzene rings is 1. The van der Waals surface area contributed by atoms with Gasteiger partial charge in [0.15, 0.2) is 5.78 Å². The number of anilines is 1. The lowest BCUT2D eigenvalue weighted by Gasteiger charge is -2.17. The molecular weight excluding hydrogens is 216 g/mol. The zero-order valence-electron chi connectivity index (χ0n) is 9.32. The van der Waals surface area contributed by atoms with Gasteiger partial charge in [-0.1, -0.05) is 0 Å². The lowest BCUT2D eigenvalue weighted by molar-refractivity contribution is -0.116. The molecule has 4 nitrogen and oxygen atoms in total. The molecule has 0 aliphatic carbocycles. The Morgan fingerprint density at radius 1 is 1.41 bits per heavy atom. The predicted molar refractivity (Wildman–Crippen MR) is 62.6 cm³/mol. The summed E-state index contributed by atoms with van der Waals surface area (Å²) in [6.07, 6.45) is 1.62. The number of aryl methyl sites for hydroxylation is 1. The molecule has 1 heterocycles. The third-order valence-electron chi connectivity index (χ3n) is 2.79. The maximum atomic E-state index is 11.7. The van der Waals surface area contributed by atoms with Crippen LogP contribution in [-0.2, 0) is 11.2 Å². The molecule has 0 spiro atoms. The van der Waals surface area contributed by atoms with Crippen LogP contribution in [0.4, 0.5) is 5.69 Å². The maximum absolute atomic E-state index is 11.7. The average molecular weight is 228 g/mol. The molecule has 0 atom stereocenters. The van der Waals surface area contributed by atoms with E-state index in [1.54, 1.807) is 12.1 Å². The fourth-order valence-corrected chi connectivity index (χ4v) is 1.87. The molecule has 0 saturated carbocycles. The van der Waals surface area contributed by atoms with Crippen molar-refractivity contribution in [3.8, 4) is 6.07 Å². The number of ketones is 1. The van der Waals surface area contributed by atoms with Crippen molar-refractivity contribution < 1.29 is 9.59 Å². The van der Waals surface area contributed by atoms with Crippen LogP contribution in [0.1, 0.15) is 35.2 Å². The van der Waals surface area contributed by atoms with Gasteiger partial charge in [0, 0.05) is 30.5 Å². The Hall–Kier alpha value is -2.15. The molecule has 0 bridgehead atoms. The number of rotatable bonds is 3. The predicted octanol–water partition coefficient (Wildman–Crippen LogP) is 2.06. The number of fused-ring (bicyclic) bond motifs is 1. The molecule has 0 radical (unpaired) electrons. The Morgan fingerprint density at radius 3 is 3.00 bits per heavy atom. The third-order valence-corrected chi connectivity index (χ3v) is 2.79. The molecule has 0 fully saturated rings. The molecule has 0 aromatic heterocycles. The number of hydrogen-bond acceptors (Lipinski definition) is 3. The van der Waals surface area contributed by atoms with E-state index in [-0.39, 0.29) is 24.5 Å². The molecule has 0 saturated heterocycles. The number of hydrogen-bond donors (Lipinski definition) is 1. The zero-order chi connectivity index (χ0) is 12.3. The number of Topliss-reactive ketones (excluding diaryl/α,β-unsaturated/α-hetero) is 1. The fourth-order valence-electron chi connectivity index (χ4n) is 1.87. The quantitative estimate of drug-likeness (QED) is 0.805. The normalized spacial score (nSPS) is 13.5. The lowest BCUT2D eigenvalue weighted by atomic mass is 9.97. The van der Waals surface area contributed by atoms with Gasteiger partial charge >= 0.3 is 0 Å². The van der Waals surface area contributed by atoms with Crippen molar-refractivity contribution in [1.29, 1.82) is 5.26 Å². The summed E-state index contributed by atoms with van der Waals surface area (Å²) >= 11 is 0. The SMILES string of the molecule is N#CCCC(=O)c1ccc2c(c1)CCC(=O)N2. The van der Waals surface area contributed by atoms with Gasteiger partial charge in [-0.15, -0.1) is 0 Å². The van der Waals surface area contributed by atoms with Crippen molar-refractivity contribution in [3.63, 3.8) is 0 Å². The summed E-state index contributed by atoms with van der Waals surface area (Å²) in [7, 11) is 0. The molecule has 1 aromatic carbocycles. The van der Waals surface area contributed by atoms with Crippen LogP contribution in [0.5, 0.6) is 0 Å². The van der Waals surface area contributed by atoms with Crippen LogP contribution < -0.4 is 5.32 Å². The van der Waals surface area contributed by atoms with Gasteiger partial charge in [-0.3, -0.25) is 9.59 Å². The summed E-state index contributed by atoms with van der Waals surface area (Å²) in [6, 6.07) is 7.23. The number of carbonyl (C=O) groups excluding carboxylic acids is 2. The Labute approximate surface area is 99.2 Å². The molecule has 1 N–H and O–H groups in total. The Bertz CT molecular complexity index is 515. The van der Waals surface area contributed by atoms with E-state index in [4.69, 9.17) is 5.26 Å². The van der Waals surface area contributed by atoms with Gasteiger partial charge < -0.3 is 5.32 Å². The first kappa shape index (κ1) is 11.3. The van der Waals surface area contributed by atoms with E-state index >= 15 is 0 Å². The Morgan fingerprint density at radius 2 is 2.24 bits per heavy atom. The van der Waals surface area contributed by atoms with Crippen LogP contribution in [0.15, 0.2) is 18.2 Å². The van der Waals surface area contributed by atoms with Gasteiger partial charge in [0.05, 0.1) is 6.07 Å². The van der Waals surface area contributed by atoms with E-state index in [1.807, 2.05) is 12.1 Å². The van der Waals surface area contributed by atoms with Crippen LogP contribution in [0.2, 0.25) is 0 Å². The highest BCUT2D eigenvalue weighted by Crippen LogP contribution is 2.24. The highest BCUT2D eigenvalue weighted by Gasteiger charge is 2.16. The van der Waals surface area contributed by atoms with Gasteiger partial charge in [-0.05, 0) is 30.2 Å². The van der Waals surface area contributed by atoms with Crippen molar-refractivity contribution in [1.82, 2.24) is 0 Å². The molecule has 1 aromatic rings. The van der Waals surface area contributed by atoms with E-state index in [1.165, 1.54) is 0 Å². The van der Waals surface area contributed by atoms with Crippen molar-refractivity contribution in [2.24, 2.45) is 0 Å². The van der Waals surface area contributed by atoms with Crippen molar-refractivity contribution in [2.45, 2.75) is 25.7 Å². The average Bonchev–Trinajstić information content (AvgIpc) is 2.35. The zero-order valence-corrected chi connectivity index (χ0v) is 9.32. The number of nitrogens with zero attached hydrogens (tertiary/aromatic N) is 1. The highest BCUT2D eigenvalue weighted by atomic mass is 16.1. The minimum absolute atomic E-state index is 0.0149. The molecule has 4 heteroatoms. The van der Waals surface area contributed by atoms with E-state index in [2.05, 4.69) is 5.32 Å². The molecule has 17 heavy (non-hydrogen) atoms. The van der Waals surface area contributed by atoms with Gasteiger partial charge in [-0.2, -0.15) is 5.26 Å². The second kappa shape index (κ2) is 4.79. The third kappa shape index (κ3) is 2.51. The van der Waals surface area contributed by atoms with Gasteiger partial charge in [0.2, 0.25) is 5.91 Å². The van der Waals surface area contributed by atoms with Crippen LogP contribution in [0, 0.1) is 11.3 Å². The summed E-state index contributed by atoms with van der Waals surface area (Å²) in [6.45, 7) is 0. The summed E-state index contributed by atoms with van der Waals surface area (Å²) in [4.78, 5) is 22.9. The number of amides is 1. The highest BCUT2D eigenvalue weighted by molar-refractivity contribution is 5.99. The van der Waals surface area contributed by atoms with Gasteiger partial charge in [0.1, 0.15) is 0 Å². The van der Waals surface area contributed by atoms with Gasteiger partial charge in [0.25, 0.3) is 0 Å². The van der Waals surface area contributed by atoms with Crippen LogP contribution in [0.3, 0.4) is 0 Å². The monoisotopic (exact) mass is 228 g/mol. The van der Waals surface area contributed by atoms with Crippen LogP contribution in [-0.4, -0.2) is 11.7 Å². The first-order valence-corrected chi connectivity index (χ1v) is 5.53. The summed E-state index contributed by atoms with van der Waals surface area (Å²) in [5.74, 6) is -0.00712. The largest absolute Gasteiger partial charge is 0.326 e. The second-order valence-electron chi connectivity index (χ2n) is 4.00. The summed E-state index contributed by atoms with van der Waals surface area (Å²) < 4.78 is 0. The standard InChI is InChI=1S/C13H12N2O2/c14-7-1-2-12(16)10-3-5-11-9(8-10)4-6-13(17)15-11/h3,5,8H,1-2,4,6H2,(H,15,17). The smallest absolute Gasteiger partial charge is 0.224 e. The first-order valence-electron chi connectivity index (χ1n) is 5.53. The molecule has 2 rings (SSSR count). The van der Waals surface area contributed by atoms with E-state index in [9.17, 15) is 9.59 Å². The first-order chi connectivity index (χ1) is 8.20. The van der Waals surface area contributed by atoms with Crippen molar-refractivity contribution in [3.05, 3.63) is 29.3 Å². The lowest BCUT2D eigenvalue weighted by Crippen LogP contribution is -2.19. The molecular formula is C13H12N2O2. The van der Waals surface area contributed by atoms with Crippen molar-refractivity contribution >= 4 is 17.4 Å². The van der Waals surface area contributed by atoms with Crippen LogP contribution in [0.25, 0.3) is 0 Å². The van der Waals surface area contributed by atoms with E-state index in [0.717, 1.165) is 11.3 Å². The minimum Gasteiger partial charge on any atom is -0.326 e. The molecule has 86 valence electrons. The Balaban J connectivity index is 2.19. The van der Waals surface area contributed by atoms with E-state index < -0.39 is 0 Å². The topological polar surface area (TPSA) is 70.0 Å². The van der Waals surface area contributed by atoms with Crippen molar-refractivity contribution in [2.75, 3.05) is 5.32 Å². The maximum Gasteiger partial charge on any atom is 0.224 e. The van der Waals surface area contributed by atoms with Gasteiger partial charge in [-0.25, -0.2) is 0 Å². The Kier molecular flexibility index (Phi) is 3.20. The number of nitrogens with one attached hydrogen (secondary N) is 1. The second-order valence-corrected chi connectivity index (χ2v) is 4.00. The molecule has 0 unspecified atom stereocenters.